The zero-order valence-electron chi connectivity index (χ0n) is 49.8. The molecule has 0 unspecified atom stereocenters. The Morgan fingerprint density at radius 2 is 0.683 bits per heavy atom. The van der Waals surface area contributed by atoms with E-state index in [-0.39, 0.29) is 21.7 Å². The Morgan fingerprint density at radius 3 is 1.22 bits per heavy atom. The lowest BCUT2D eigenvalue weighted by Crippen LogP contribution is -2.16. The van der Waals surface area contributed by atoms with Crippen LogP contribution in [0.2, 0.25) is 0 Å². The minimum absolute atomic E-state index is 0.0108. The molecule has 0 radical (unpaired) electrons. The van der Waals surface area contributed by atoms with Crippen molar-refractivity contribution in [2.24, 2.45) is 0 Å². The highest BCUT2D eigenvalue weighted by Gasteiger charge is 2.26. The topological polar surface area (TPSA) is 8.17 Å². The molecule has 0 amide bonds. The van der Waals surface area contributed by atoms with Crippen LogP contribution in [0.3, 0.4) is 0 Å². The van der Waals surface area contributed by atoms with Crippen LogP contribution in [0.5, 0.6) is 0 Å². The second kappa shape index (κ2) is 19.5. The van der Waals surface area contributed by atoms with Crippen molar-refractivity contribution in [1.29, 1.82) is 0 Å². The number of rotatable bonds is 8. The summed E-state index contributed by atoms with van der Waals surface area (Å²) in [4.78, 5) is 2.52. The molecule has 13 aromatic rings. The van der Waals surface area contributed by atoms with Gasteiger partial charge < -0.3 is 9.47 Å². The normalized spacial score (nSPS) is 12.6. The summed E-state index contributed by atoms with van der Waals surface area (Å²) in [5, 5.41) is 10.0. The number of nitrogens with zero attached hydrogens (tertiary/aromatic N) is 2. The molecule has 0 N–H and O–H groups in total. The van der Waals surface area contributed by atoms with Crippen LogP contribution in [0.15, 0.2) is 231 Å². The van der Waals surface area contributed by atoms with Crippen LogP contribution in [0.1, 0.15) is 105 Å². The van der Waals surface area contributed by atoms with Crippen molar-refractivity contribution in [2.75, 3.05) is 4.90 Å². The fraction of sp³-hybridized carbons (Fsp3) is 0.200. The molecule has 82 heavy (non-hydrogen) atoms. The average molecular weight is 1060 g/mol. The minimum Gasteiger partial charge on any atom is -0.310 e. The summed E-state index contributed by atoms with van der Waals surface area (Å²) in [6.45, 7) is 27.8. The molecule has 0 aliphatic heterocycles. The van der Waals surface area contributed by atoms with Crippen LogP contribution in [-0.2, 0) is 21.7 Å². The standard InChI is InChI=1S/C80H74N2/c1-77(2,3)61-33-39-73-69(49-61)70-50-62(78(4,5)6)34-40-74(70)82(73)72-38-32-54-29-35-67-71(37-31-53-30-36-68(72)76(54)75(53)67)81(66-46-58(51-21-15-13-16-22-51)42-59(47-66)52-23-17-14-18-24-52)65-28-20-27-57(45-65)55-25-19-26-56(41-55)60-43-63(79(7,8)9)48-64(44-60)80(10,11)12/h13-50H,1-12H3. The quantitative estimate of drug-likeness (QED) is 0.138. The molecule has 0 aliphatic carbocycles. The van der Waals surface area contributed by atoms with Crippen LogP contribution in [0.25, 0.3) is 104 Å². The van der Waals surface area contributed by atoms with Gasteiger partial charge in [-0.25, -0.2) is 0 Å². The second-order valence-corrected chi connectivity index (χ2v) is 27.2. The van der Waals surface area contributed by atoms with E-state index in [4.69, 9.17) is 0 Å². The smallest absolute Gasteiger partial charge is 0.0541 e. The summed E-state index contributed by atoms with van der Waals surface area (Å²) >= 11 is 0. The van der Waals surface area contributed by atoms with Crippen LogP contribution >= 0.6 is 0 Å². The van der Waals surface area contributed by atoms with Gasteiger partial charge in [0.1, 0.15) is 0 Å². The van der Waals surface area contributed by atoms with E-state index in [1.165, 1.54) is 110 Å². The molecule has 0 saturated heterocycles. The lowest BCUT2D eigenvalue weighted by atomic mass is 9.79. The summed E-state index contributed by atoms with van der Waals surface area (Å²) < 4.78 is 2.54. The largest absolute Gasteiger partial charge is 0.310 e. The summed E-state index contributed by atoms with van der Waals surface area (Å²) in [6.07, 6.45) is 0. The first-order valence-corrected chi connectivity index (χ1v) is 29.4. The van der Waals surface area contributed by atoms with Crippen molar-refractivity contribution < 1.29 is 0 Å². The summed E-state index contributed by atoms with van der Waals surface area (Å²) in [5.74, 6) is 0. The minimum atomic E-state index is 0.0108. The Balaban J connectivity index is 1.04. The average Bonchev–Trinajstić information content (AvgIpc) is 2.05. The number of hydrogen-bond acceptors (Lipinski definition) is 1. The van der Waals surface area contributed by atoms with E-state index < -0.39 is 0 Å². The van der Waals surface area contributed by atoms with E-state index in [9.17, 15) is 0 Å². The monoisotopic (exact) mass is 1060 g/mol. The Hall–Kier alpha value is -8.72. The van der Waals surface area contributed by atoms with Gasteiger partial charge in [0.2, 0.25) is 0 Å². The molecule has 1 heterocycles. The zero-order valence-corrected chi connectivity index (χ0v) is 49.8. The van der Waals surface area contributed by atoms with E-state index in [1.54, 1.807) is 0 Å². The molecule has 2 heteroatoms. The van der Waals surface area contributed by atoms with Gasteiger partial charge in [-0.05, 0) is 183 Å². The van der Waals surface area contributed by atoms with Gasteiger partial charge in [-0.2, -0.15) is 0 Å². The number of hydrogen-bond donors (Lipinski definition) is 0. The molecular formula is C80H74N2. The number of anilines is 3. The van der Waals surface area contributed by atoms with Crippen LogP contribution in [0, 0.1) is 0 Å². The van der Waals surface area contributed by atoms with Gasteiger partial charge in [-0.1, -0.05) is 241 Å². The molecule has 0 spiro atoms. The fourth-order valence-corrected chi connectivity index (χ4v) is 12.5. The third-order valence-electron chi connectivity index (χ3n) is 17.3. The summed E-state index contributed by atoms with van der Waals surface area (Å²) in [7, 11) is 0. The Bertz CT molecular complexity index is 4420. The Kier molecular flexibility index (Phi) is 12.5. The highest BCUT2D eigenvalue weighted by Crippen LogP contribution is 2.49. The van der Waals surface area contributed by atoms with E-state index >= 15 is 0 Å². The highest BCUT2D eigenvalue weighted by molar-refractivity contribution is 6.27. The van der Waals surface area contributed by atoms with Crippen molar-refractivity contribution >= 4 is 71.2 Å². The van der Waals surface area contributed by atoms with Crippen molar-refractivity contribution in [3.63, 3.8) is 0 Å². The van der Waals surface area contributed by atoms with Gasteiger partial charge in [-0.3, -0.25) is 0 Å². The lowest BCUT2D eigenvalue weighted by Gasteiger charge is -2.29. The predicted molar refractivity (Wildman–Crippen MR) is 356 cm³/mol. The first kappa shape index (κ1) is 52.6. The maximum atomic E-state index is 2.54. The Labute approximate surface area is 485 Å². The molecule has 0 saturated carbocycles. The number of benzene rings is 12. The first-order chi connectivity index (χ1) is 39.2. The van der Waals surface area contributed by atoms with E-state index in [0.717, 1.165) is 33.8 Å². The van der Waals surface area contributed by atoms with Crippen molar-refractivity contribution in [3.8, 4) is 50.2 Å². The maximum Gasteiger partial charge on any atom is 0.0541 e. The fourth-order valence-electron chi connectivity index (χ4n) is 12.5. The molecule has 1 aromatic heterocycles. The molecule has 0 aliphatic rings. The van der Waals surface area contributed by atoms with Gasteiger partial charge in [0.25, 0.3) is 0 Å². The molecule has 12 aromatic carbocycles. The number of fused-ring (bicyclic) bond motifs is 3. The molecule has 0 bridgehead atoms. The van der Waals surface area contributed by atoms with Gasteiger partial charge in [-0.15, -0.1) is 0 Å². The molecule has 404 valence electrons. The van der Waals surface area contributed by atoms with Gasteiger partial charge in [0.15, 0.2) is 0 Å². The highest BCUT2D eigenvalue weighted by atomic mass is 15.1. The molecular weight excluding hydrogens is 989 g/mol. The molecule has 0 fully saturated rings. The summed E-state index contributed by atoms with van der Waals surface area (Å²) in [5.41, 5.74) is 21.9. The van der Waals surface area contributed by atoms with Gasteiger partial charge >= 0.3 is 0 Å². The third kappa shape index (κ3) is 9.42. The van der Waals surface area contributed by atoms with Crippen molar-refractivity contribution in [3.05, 3.63) is 253 Å². The van der Waals surface area contributed by atoms with E-state index in [1.807, 2.05) is 0 Å². The number of aromatic nitrogens is 1. The van der Waals surface area contributed by atoms with Crippen molar-refractivity contribution in [1.82, 2.24) is 4.57 Å². The predicted octanol–water partition coefficient (Wildman–Crippen LogP) is 23.0. The third-order valence-corrected chi connectivity index (χ3v) is 17.3. The van der Waals surface area contributed by atoms with E-state index in [2.05, 4.69) is 323 Å². The maximum absolute atomic E-state index is 2.54. The molecule has 2 nitrogen and oxygen atoms in total. The van der Waals surface area contributed by atoms with Gasteiger partial charge in [0, 0.05) is 32.9 Å². The Morgan fingerprint density at radius 1 is 0.268 bits per heavy atom. The van der Waals surface area contributed by atoms with Crippen LogP contribution in [0.4, 0.5) is 17.1 Å². The lowest BCUT2D eigenvalue weighted by molar-refractivity contribution is 0.569. The second-order valence-electron chi connectivity index (χ2n) is 27.2. The summed E-state index contributed by atoms with van der Waals surface area (Å²) in [6, 6.07) is 87.6. The SMILES string of the molecule is CC(C)(C)c1cc(-c2cccc(-c3cccc(N(c4cc(-c5ccccc5)cc(-c5ccccc5)c4)c4ccc5ccc6c(-n7c8ccc(C(C)(C)C)cc8c8cc(C(C)(C)C)ccc87)ccc7ccc4c5c76)c3)c2)cc(C(C)(C)C)c1. The van der Waals surface area contributed by atoms with Crippen LogP contribution < -0.4 is 4.90 Å². The molecule has 0 atom stereocenters. The van der Waals surface area contributed by atoms with Crippen LogP contribution in [-0.4, -0.2) is 4.57 Å². The molecule has 13 rings (SSSR count). The first-order valence-electron chi connectivity index (χ1n) is 29.4. The van der Waals surface area contributed by atoms with E-state index in [0.29, 0.717) is 0 Å². The zero-order chi connectivity index (χ0) is 57.0. The van der Waals surface area contributed by atoms with Crippen molar-refractivity contribution in [2.45, 2.75) is 105 Å². The van der Waals surface area contributed by atoms with Gasteiger partial charge in [0.05, 0.1) is 22.4 Å².